The zero-order chi connectivity index (χ0) is 8.97. The number of terminal acetylenes is 1. The van der Waals surface area contributed by atoms with Crippen molar-refractivity contribution >= 4 is 0 Å². The van der Waals surface area contributed by atoms with Crippen molar-refractivity contribution in [3.05, 3.63) is 35.4 Å². The van der Waals surface area contributed by atoms with Crippen LogP contribution in [0.3, 0.4) is 0 Å². The van der Waals surface area contributed by atoms with Crippen LogP contribution in [-0.4, -0.2) is 0 Å². The predicted molar refractivity (Wildman–Crippen MR) is 48.4 cm³/mol. The second kappa shape index (κ2) is 3.60. The van der Waals surface area contributed by atoms with Crippen LogP contribution in [0.25, 0.3) is 0 Å². The van der Waals surface area contributed by atoms with Gasteiger partial charge in [0.1, 0.15) is 0 Å². The van der Waals surface area contributed by atoms with Crippen LogP contribution in [0.4, 0.5) is 0 Å². The topological polar surface area (TPSA) is 23.8 Å². The maximum atomic E-state index is 8.61. The Bertz CT molecular complexity index is 352. The largest absolute Gasteiger partial charge is 0.192 e. The van der Waals surface area contributed by atoms with E-state index in [1.807, 2.05) is 25.1 Å². The maximum Gasteiger partial charge on any atom is 0.0991 e. The zero-order valence-electron chi connectivity index (χ0n) is 6.91. The van der Waals surface area contributed by atoms with Crippen molar-refractivity contribution in [2.45, 2.75) is 12.8 Å². The van der Waals surface area contributed by atoms with E-state index in [-0.39, 0.29) is 5.92 Å². The SMILES string of the molecule is C#CC(C)c1cccc(C#N)c1. The molecule has 0 saturated heterocycles. The van der Waals surface area contributed by atoms with Gasteiger partial charge in [0.15, 0.2) is 0 Å². The first kappa shape index (κ1) is 8.37. The molecule has 1 nitrogen and oxygen atoms in total. The molecule has 0 aliphatic rings. The van der Waals surface area contributed by atoms with E-state index in [2.05, 4.69) is 12.0 Å². The minimum Gasteiger partial charge on any atom is -0.192 e. The van der Waals surface area contributed by atoms with Gasteiger partial charge in [0.25, 0.3) is 0 Å². The summed E-state index contributed by atoms with van der Waals surface area (Å²) in [5.74, 6) is 2.70. The summed E-state index contributed by atoms with van der Waals surface area (Å²) in [5, 5.41) is 8.61. The molecule has 0 amide bonds. The van der Waals surface area contributed by atoms with E-state index in [9.17, 15) is 0 Å². The van der Waals surface area contributed by atoms with Crippen molar-refractivity contribution in [3.63, 3.8) is 0 Å². The molecule has 1 atom stereocenters. The van der Waals surface area contributed by atoms with Crippen LogP contribution in [0.5, 0.6) is 0 Å². The van der Waals surface area contributed by atoms with E-state index < -0.39 is 0 Å². The van der Waals surface area contributed by atoms with E-state index in [4.69, 9.17) is 11.7 Å². The minimum absolute atomic E-state index is 0.0818. The first-order chi connectivity index (χ1) is 5.77. The summed E-state index contributed by atoms with van der Waals surface area (Å²) >= 11 is 0. The Kier molecular flexibility index (Phi) is 2.51. The molecule has 1 rings (SSSR count). The Morgan fingerprint density at radius 3 is 2.83 bits per heavy atom. The molecule has 1 aromatic carbocycles. The zero-order valence-corrected chi connectivity index (χ0v) is 6.91. The lowest BCUT2D eigenvalue weighted by molar-refractivity contribution is 1.00. The van der Waals surface area contributed by atoms with Crippen molar-refractivity contribution in [1.82, 2.24) is 0 Å². The molecule has 0 spiro atoms. The second-order valence-electron chi connectivity index (χ2n) is 2.63. The summed E-state index contributed by atoms with van der Waals surface area (Å²) in [6, 6.07) is 9.46. The maximum absolute atomic E-state index is 8.61. The van der Waals surface area contributed by atoms with Crippen LogP contribution >= 0.6 is 0 Å². The molecule has 0 aliphatic heterocycles. The number of hydrogen-bond acceptors (Lipinski definition) is 1. The molecule has 12 heavy (non-hydrogen) atoms. The van der Waals surface area contributed by atoms with E-state index in [0.717, 1.165) is 5.56 Å². The fourth-order valence-electron chi connectivity index (χ4n) is 0.974. The molecule has 1 aromatic rings. The molecule has 0 fully saturated rings. The molecule has 0 aliphatic carbocycles. The van der Waals surface area contributed by atoms with Gasteiger partial charge in [-0.1, -0.05) is 18.1 Å². The predicted octanol–water partition coefficient (Wildman–Crippen LogP) is 2.29. The quantitative estimate of drug-likeness (QED) is 0.571. The minimum atomic E-state index is 0.0818. The van der Waals surface area contributed by atoms with Gasteiger partial charge in [-0.25, -0.2) is 0 Å². The van der Waals surface area contributed by atoms with Crippen molar-refractivity contribution in [2.75, 3.05) is 0 Å². The van der Waals surface area contributed by atoms with Crippen LogP contribution in [0.1, 0.15) is 24.0 Å². The summed E-state index contributed by atoms with van der Waals surface area (Å²) < 4.78 is 0. The Balaban J connectivity index is 3.05. The highest BCUT2D eigenvalue weighted by Gasteiger charge is 2.00. The normalized spacial score (nSPS) is 11.2. The average Bonchev–Trinajstić information content (AvgIpc) is 2.17. The smallest absolute Gasteiger partial charge is 0.0991 e. The number of benzene rings is 1. The molecular formula is C11H9N. The third-order valence-electron chi connectivity index (χ3n) is 1.77. The number of hydrogen-bond donors (Lipinski definition) is 0. The van der Waals surface area contributed by atoms with Crippen LogP contribution in [0.15, 0.2) is 24.3 Å². The summed E-state index contributed by atoms with van der Waals surface area (Å²) in [6.07, 6.45) is 5.26. The van der Waals surface area contributed by atoms with Gasteiger partial charge in [-0.05, 0) is 24.6 Å². The number of rotatable bonds is 1. The van der Waals surface area contributed by atoms with Crippen LogP contribution in [-0.2, 0) is 0 Å². The summed E-state index contributed by atoms with van der Waals surface area (Å²) in [5.41, 5.74) is 1.69. The lowest BCUT2D eigenvalue weighted by Gasteiger charge is -2.02. The van der Waals surface area contributed by atoms with Gasteiger partial charge in [0.2, 0.25) is 0 Å². The summed E-state index contributed by atoms with van der Waals surface area (Å²) in [6.45, 7) is 1.94. The average molecular weight is 155 g/mol. The monoisotopic (exact) mass is 155 g/mol. The van der Waals surface area contributed by atoms with Crippen LogP contribution in [0.2, 0.25) is 0 Å². The van der Waals surface area contributed by atoms with Gasteiger partial charge in [0, 0.05) is 5.92 Å². The van der Waals surface area contributed by atoms with Gasteiger partial charge in [-0.3, -0.25) is 0 Å². The van der Waals surface area contributed by atoms with E-state index in [1.54, 1.807) is 6.07 Å². The second-order valence-corrected chi connectivity index (χ2v) is 2.63. The summed E-state index contributed by atoms with van der Waals surface area (Å²) in [4.78, 5) is 0. The molecule has 1 heteroatoms. The Labute approximate surface area is 72.6 Å². The highest BCUT2D eigenvalue weighted by atomic mass is 14.2. The van der Waals surface area contributed by atoms with E-state index in [1.165, 1.54) is 0 Å². The highest BCUT2D eigenvalue weighted by molar-refractivity contribution is 5.36. The van der Waals surface area contributed by atoms with Gasteiger partial charge in [-0.15, -0.1) is 6.42 Å². The van der Waals surface area contributed by atoms with Gasteiger partial charge >= 0.3 is 0 Å². The van der Waals surface area contributed by atoms with Crippen molar-refractivity contribution in [2.24, 2.45) is 0 Å². The molecule has 0 saturated carbocycles. The Morgan fingerprint density at radius 2 is 2.25 bits per heavy atom. The molecule has 1 unspecified atom stereocenters. The lowest BCUT2D eigenvalue weighted by Crippen LogP contribution is -1.89. The Morgan fingerprint density at radius 1 is 1.50 bits per heavy atom. The summed E-state index contributed by atoms with van der Waals surface area (Å²) in [7, 11) is 0. The molecular weight excluding hydrogens is 146 g/mol. The van der Waals surface area contributed by atoms with Crippen molar-refractivity contribution < 1.29 is 0 Å². The molecule has 0 aromatic heterocycles. The van der Waals surface area contributed by atoms with Gasteiger partial charge < -0.3 is 0 Å². The van der Waals surface area contributed by atoms with Crippen molar-refractivity contribution in [1.29, 1.82) is 5.26 Å². The molecule has 58 valence electrons. The number of nitriles is 1. The van der Waals surface area contributed by atoms with E-state index >= 15 is 0 Å². The van der Waals surface area contributed by atoms with Crippen molar-refractivity contribution in [3.8, 4) is 18.4 Å². The fourth-order valence-corrected chi connectivity index (χ4v) is 0.974. The molecule has 0 bridgehead atoms. The number of nitrogens with zero attached hydrogens (tertiary/aromatic N) is 1. The van der Waals surface area contributed by atoms with Gasteiger partial charge in [0.05, 0.1) is 11.6 Å². The molecule has 0 N–H and O–H groups in total. The van der Waals surface area contributed by atoms with Crippen LogP contribution in [0, 0.1) is 23.7 Å². The third-order valence-corrected chi connectivity index (χ3v) is 1.77. The molecule has 0 heterocycles. The van der Waals surface area contributed by atoms with E-state index in [0.29, 0.717) is 5.56 Å². The standard InChI is InChI=1S/C11H9N/c1-3-9(2)11-6-4-5-10(7-11)8-12/h1,4-7,9H,2H3. The fraction of sp³-hybridized carbons (Fsp3) is 0.182. The third kappa shape index (κ3) is 1.65. The Hall–Kier alpha value is -1.73. The highest BCUT2D eigenvalue weighted by Crippen LogP contribution is 2.14. The van der Waals surface area contributed by atoms with Gasteiger partial charge in [-0.2, -0.15) is 5.26 Å². The molecule has 0 radical (unpaired) electrons. The lowest BCUT2D eigenvalue weighted by atomic mass is 10.0. The van der Waals surface area contributed by atoms with Crippen LogP contribution < -0.4 is 0 Å². The first-order valence-electron chi connectivity index (χ1n) is 3.74. The first-order valence-corrected chi connectivity index (χ1v) is 3.74.